The largest absolute Gasteiger partial charge is 0.507 e. The van der Waals surface area contributed by atoms with E-state index in [1.807, 2.05) is 36.4 Å². The Balaban J connectivity index is 1.75. The maximum atomic E-state index is 10.7. The summed E-state index contributed by atoms with van der Waals surface area (Å²) in [6, 6.07) is 13.2. The lowest BCUT2D eigenvalue weighted by atomic mass is 9.67. The van der Waals surface area contributed by atoms with Crippen molar-refractivity contribution in [3.05, 3.63) is 59.7 Å². The van der Waals surface area contributed by atoms with Gasteiger partial charge in [0.2, 0.25) is 0 Å². The van der Waals surface area contributed by atoms with Gasteiger partial charge in [0.1, 0.15) is 28.6 Å². The lowest BCUT2D eigenvalue weighted by molar-refractivity contribution is 0.00744. The highest BCUT2D eigenvalue weighted by Gasteiger charge is 2.45. The van der Waals surface area contributed by atoms with E-state index in [2.05, 4.69) is 26.8 Å². The molecule has 1 heterocycles. The molecule has 2 aliphatic rings. The predicted octanol–water partition coefficient (Wildman–Crippen LogP) is 5.80. The second-order valence-corrected chi connectivity index (χ2v) is 7.68. The van der Waals surface area contributed by atoms with Crippen LogP contribution in [-0.2, 0) is 0 Å². The average molecular weight is 336 g/mol. The minimum Gasteiger partial charge on any atom is -0.507 e. The molecule has 0 bridgehead atoms. The first-order valence-corrected chi connectivity index (χ1v) is 8.88. The minimum absolute atomic E-state index is 0.267. The van der Waals surface area contributed by atoms with Crippen LogP contribution in [0.15, 0.2) is 54.1 Å². The molecule has 0 amide bonds. The Morgan fingerprint density at radius 2 is 1.88 bits per heavy atom. The summed E-state index contributed by atoms with van der Waals surface area (Å²) < 4.78 is 12.2. The topological polar surface area (TPSA) is 38.7 Å². The Labute approximate surface area is 148 Å². The second kappa shape index (κ2) is 5.83. The maximum absolute atomic E-state index is 10.7. The average Bonchev–Trinajstić information content (AvgIpc) is 2.54. The van der Waals surface area contributed by atoms with Gasteiger partial charge in [0, 0.05) is 29.5 Å². The summed E-state index contributed by atoms with van der Waals surface area (Å²) in [6.45, 7) is 6.45. The predicted molar refractivity (Wildman–Crippen MR) is 98.6 cm³/mol. The van der Waals surface area contributed by atoms with Crippen LogP contribution in [0.3, 0.4) is 0 Å². The molecule has 1 aliphatic heterocycles. The molecule has 0 spiro atoms. The molecule has 4 rings (SSSR count). The van der Waals surface area contributed by atoms with E-state index in [1.165, 1.54) is 5.57 Å². The summed E-state index contributed by atoms with van der Waals surface area (Å²) in [4.78, 5) is 0. The van der Waals surface area contributed by atoms with Crippen molar-refractivity contribution in [3.8, 4) is 23.0 Å². The Bertz CT molecular complexity index is 821. The summed E-state index contributed by atoms with van der Waals surface area (Å²) in [6.07, 6.45) is 4.27. The first kappa shape index (κ1) is 16.1. The molecule has 2 atom stereocenters. The third kappa shape index (κ3) is 2.88. The Hall–Kier alpha value is -2.42. The molecule has 3 nitrogen and oxygen atoms in total. The fraction of sp³-hybridized carbons (Fsp3) is 0.364. The van der Waals surface area contributed by atoms with Gasteiger partial charge in [-0.1, -0.05) is 29.8 Å². The van der Waals surface area contributed by atoms with E-state index in [1.54, 1.807) is 6.07 Å². The van der Waals surface area contributed by atoms with Crippen molar-refractivity contribution in [2.24, 2.45) is 5.92 Å². The van der Waals surface area contributed by atoms with Gasteiger partial charge in [0.05, 0.1) is 0 Å². The number of aromatic hydroxyl groups is 1. The number of allylic oxidation sites excluding steroid dienone is 2. The van der Waals surface area contributed by atoms with Gasteiger partial charge in [-0.2, -0.15) is 0 Å². The molecular formula is C22H24O3. The quantitative estimate of drug-likeness (QED) is 0.705. The molecule has 0 radical (unpaired) electrons. The van der Waals surface area contributed by atoms with Crippen molar-refractivity contribution < 1.29 is 14.6 Å². The summed E-state index contributed by atoms with van der Waals surface area (Å²) >= 11 is 0. The lowest BCUT2D eigenvalue weighted by Crippen LogP contribution is -2.45. The smallest absolute Gasteiger partial charge is 0.134 e. The third-order valence-electron chi connectivity index (χ3n) is 5.46. The van der Waals surface area contributed by atoms with Gasteiger partial charge in [0.25, 0.3) is 0 Å². The molecule has 0 saturated heterocycles. The van der Waals surface area contributed by atoms with Crippen molar-refractivity contribution in [3.63, 3.8) is 0 Å². The molecule has 1 N–H and O–H groups in total. The first-order valence-electron chi connectivity index (χ1n) is 8.88. The number of rotatable bonds is 2. The highest BCUT2D eigenvalue weighted by Crippen LogP contribution is 2.55. The van der Waals surface area contributed by atoms with Gasteiger partial charge in [-0.25, -0.2) is 0 Å². The van der Waals surface area contributed by atoms with Crippen LogP contribution >= 0.6 is 0 Å². The lowest BCUT2D eigenvalue weighted by Gasteiger charge is -2.47. The van der Waals surface area contributed by atoms with Crippen LogP contribution in [-0.4, -0.2) is 10.7 Å². The van der Waals surface area contributed by atoms with E-state index in [4.69, 9.17) is 9.47 Å². The molecule has 3 heteroatoms. The summed E-state index contributed by atoms with van der Waals surface area (Å²) in [5.74, 6) is 3.01. The van der Waals surface area contributed by atoms with Gasteiger partial charge in [-0.3, -0.25) is 0 Å². The fourth-order valence-corrected chi connectivity index (χ4v) is 4.22. The third-order valence-corrected chi connectivity index (χ3v) is 5.46. The molecule has 2 aromatic carbocycles. The number of hydrogen-bond acceptors (Lipinski definition) is 3. The number of fused-ring (bicyclic) bond motifs is 3. The monoisotopic (exact) mass is 336 g/mol. The van der Waals surface area contributed by atoms with Crippen LogP contribution in [0.25, 0.3) is 0 Å². The van der Waals surface area contributed by atoms with E-state index >= 15 is 0 Å². The van der Waals surface area contributed by atoms with Crippen LogP contribution < -0.4 is 9.47 Å². The zero-order chi connectivity index (χ0) is 17.6. The molecule has 0 unspecified atom stereocenters. The van der Waals surface area contributed by atoms with E-state index in [9.17, 15) is 5.11 Å². The zero-order valence-corrected chi connectivity index (χ0v) is 15.0. The first-order chi connectivity index (χ1) is 11.9. The second-order valence-electron chi connectivity index (χ2n) is 7.68. The van der Waals surface area contributed by atoms with Crippen molar-refractivity contribution >= 4 is 0 Å². The van der Waals surface area contributed by atoms with E-state index in [0.717, 1.165) is 29.9 Å². The number of hydrogen-bond donors (Lipinski definition) is 1. The van der Waals surface area contributed by atoms with Crippen molar-refractivity contribution in [2.45, 2.75) is 45.1 Å². The Morgan fingerprint density at radius 1 is 1.12 bits per heavy atom. The van der Waals surface area contributed by atoms with Crippen molar-refractivity contribution in [1.82, 2.24) is 0 Å². The van der Waals surface area contributed by atoms with Gasteiger partial charge in [-0.05, 0) is 45.7 Å². The normalized spacial score (nSPS) is 23.7. The summed E-state index contributed by atoms with van der Waals surface area (Å²) in [5, 5.41) is 10.7. The molecular weight excluding hydrogens is 312 g/mol. The Morgan fingerprint density at radius 3 is 2.64 bits per heavy atom. The summed E-state index contributed by atoms with van der Waals surface area (Å²) in [7, 11) is 0. The summed E-state index contributed by atoms with van der Waals surface area (Å²) in [5.41, 5.74) is 2.04. The molecule has 130 valence electrons. The number of para-hydroxylation sites is 1. The standard InChI is InChI=1S/C22H24O3/c1-14-9-10-18-17(11-14)21-19(23)12-16(13-20(21)25-22(18,2)3)24-15-7-5-4-6-8-15/h4-9,12-13,17-18,23H,10-11H2,1-3H3/t17-,18-/m1/s1. The van der Waals surface area contributed by atoms with Gasteiger partial charge in [0.15, 0.2) is 0 Å². The fourth-order valence-electron chi connectivity index (χ4n) is 4.22. The minimum atomic E-state index is -0.271. The molecule has 0 aromatic heterocycles. The Kier molecular flexibility index (Phi) is 3.75. The van der Waals surface area contributed by atoms with Gasteiger partial charge < -0.3 is 14.6 Å². The van der Waals surface area contributed by atoms with Crippen molar-refractivity contribution in [1.29, 1.82) is 0 Å². The van der Waals surface area contributed by atoms with Crippen LogP contribution in [0.4, 0.5) is 0 Å². The van der Waals surface area contributed by atoms with Gasteiger partial charge in [-0.15, -0.1) is 0 Å². The molecule has 0 fully saturated rings. The number of ether oxygens (including phenoxy) is 2. The van der Waals surface area contributed by atoms with E-state index < -0.39 is 0 Å². The van der Waals surface area contributed by atoms with Crippen LogP contribution in [0.2, 0.25) is 0 Å². The van der Waals surface area contributed by atoms with Crippen LogP contribution in [0.1, 0.15) is 45.1 Å². The molecule has 2 aromatic rings. The maximum Gasteiger partial charge on any atom is 0.134 e. The van der Waals surface area contributed by atoms with Crippen LogP contribution in [0.5, 0.6) is 23.0 Å². The van der Waals surface area contributed by atoms with Crippen LogP contribution in [0, 0.1) is 5.92 Å². The van der Waals surface area contributed by atoms with Gasteiger partial charge >= 0.3 is 0 Å². The molecule has 1 aliphatic carbocycles. The molecule has 25 heavy (non-hydrogen) atoms. The highest BCUT2D eigenvalue weighted by atomic mass is 16.5. The number of phenolic OH excluding ortho intramolecular Hbond substituents is 1. The van der Waals surface area contributed by atoms with E-state index in [-0.39, 0.29) is 17.3 Å². The zero-order valence-electron chi connectivity index (χ0n) is 15.0. The SMILES string of the molecule is CC1=CC[C@@H]2[C@@H](C1)c1c(O)cc(Oc3ccccc3)cc1OC2(C)C. The van der Waals surface area contributed by atoms with E-state index in [0.29, 0.717) is 11.7 Å². The highest BCUT2D eigenvalue weighted by molar-refractivity contribution is 5.55. The molecule has 0 saturated carbocycles. The van der Waals surface area contributed by atoms with Crippen molar-refractivity contribution in [2.75, 3.05) is 0 Å². The number of benzene rings is 2. The number of phenols is 1.